The molecule has 4 N–H and O–H groups in total. The molecule has 0 aromatic carbocycles. The summed E-state index contributed by atoms with van der Waals surface area (Å²) in [5, 5.41) is 30.8. The molecule has 13 heteroatoms. The van der Waals surface area contributed by atoms with E-state index in [0.717, 1.165) is 64.2 Å². The van der Waals surface area contributed by atoms with E-state index in [0.29, 0.717) is 12.8 Å². The Balaban J connectivity index is 2.47. The molecule has 1 aliphatic rings. The fraction of sp³-hybridized carbons (Fsp3) is 0.860. The van der Waals surface area contributed by atoms with Crippen molar-refractivity contribution in [1.82, 2.24) is 0 Å². The maximum atomic E-state index is 12.8. The zero-order valence-electron chi connectivity index (χ0n) is 34.7. The zero-order valence-corrected chi connectivity index (χ0v) is 35.6. The van der Waals surface area contributed by atoms with Crippen LogP contribution in [0.1, 0.15) is 181 Å². The van der Waals surface area contributed by atoms with Gasteiger partial charge in [0, 0.05) is 12.8 Å². The zero-order chi connectivity index (χ0) is 41.3. The van der Waals surface area contributed by atoms with Crippen LogP contribution in [-0.4, -0.2) is 96.0 Å². The minimum absolute atomic E-state index is 0.155. The van der Waals surface area contributed by atoms with Gasteiger partial charge >= 0.3 is 11.9 Å². The van der Waals surface area contributed by atoms with Crippen LogP contribution in [-0.2, 0) is 38.7 Å². The van der Waals surface area contributed by atoms with Gasteiger partial charge in [-0.2, -0.15) is 8.42 Å². The lowest BCUT2D eigenvalue weighted by Crippen LogP contribution is -2.60. The number of aliphatic hydroxyl groups excluding tert-OH is 3. The van der Waals surface area contributed by atoms with Crippen LogP contribution in [0.2, 0.25) is 0 Å². The highest BCUT2D eigenvalue weighted by Crippen LogP contribution is 2.24. The minimum atomic E-state index is -4.60. The predicted molar refractivity (Wildman–Crippen MR) is 220 cm³/mol. The Morgan fingerprint density at radius 3 is 1.48 bits per heavy atom. The molecule has 6 atom stereocenters. The summed E-state index contributed by atoms with van der Waals surface area (Å²) >= 11 is 0. The molecule has 328 valence electrons. The first-order valence-electron chi connectivity index (χ1n) is 21.9. The van der Waals surface area contributed by atoms with Crippen molar-refractivity contribution in [1.29, 1.82) is 0 Å². The van der Waals surface area contributed by atoms with Crippen LogP contribution in [0.3, 0.4) is 0 Å². The molecule has 1 heterocycles. The van der Waals surface area contributed by atoms with Gasteiger partial charge in [-0.15, -0.1) is 0 Å². The molecule has 1 rings (SSSR count). The van der Waals surface area contributed by atoms with Gasteiger partial charge in [-0.05, 0) is 64.2 Å². The first kappa shape index (κ1) is 52.1. The second kappa shape index (κ2) is 34.0. The standard InChI is InChI=1S/C43H78O12S/c1-3-5-7-9-11-13-15-17-18-20-21-23-25-27-29-31-38(44)52-33-36(34-53-43-42(48)41(47)40(46)37(55-43)35-56(49,50)51)54-39(45)32-30-28-26-24-22-19-16-14-12-10-8-6-4-2/h13-16,36-37,40-43,46-48H,3-12,17-35H2,1-2H3,(H,49,50,51)/b15-13+,16-14+/t36-,37-,40-,41?,42?,43+/m1/s1. The first-order chi connectivity index (χ1) is 27.0. The lowest BCUT2D eigenvalue weighted by atomic mass is 10.00. The van der Waals surface area contributed by atoms with Crippen molar-refractivity contribution in [3.05, 3.63) is 24.3 Å². The van der Waals surface area contributed by atoms with Crippen LogP contribution in [0.15, 0.2) is 24.3 Å². The second-order valence-electron chi connectivity index (χ2n) is 15.4. The van der Waals surface area contributed by atoms with E-state index in [1.807, 2.05) is 0 Å². The van der Waals surface area contributed by atoms with E-state index >= 15 is 0 Å². The smallest absolute Gasteiger partial charge is 0.306 e. The van der Waals surface area contributed by atoms with Crippen LogP contribution in [0, 0.1) is 0 Å². The van der Waals surface area contributed by atoms with Crippen LogP contribution in [0.4, 0.5) is 0 Å². The van der Waals surface area contributed by atoms with Gasteiger partial charge in [0.2, 0.25) is 0 Å². The van der Waals surface area contributed by atoms with Gasteiger partial charge in [0.15, 0.2) is 12.4 Å². The van der Waals surface area contributed by atoms with Crippen molar-refractivity contribution >= 4 is 22.1 Å². The van der Waals surface area contributed by atoms with Crippen LogP contribution >= 0.6 is 0 Å². The fourth-order valence-corrected chi connectivity index (χ4v) is 7.24. The number of carbonyl (C=O) groups is 2. The Morgan fingerprint density at radius 1 is 0.589 bits per heavy atom. The third-order valence-corrected chi connectivity index (χ3v) is 10.8. The number of carbonyl (C=O) groups excluding carboxylic acids is 2. The summed E-state index contributed by atoms with van der Waals surface area (Å²) in [6, 6.07) is 0. The van der Waals surface area contributed by atoms with E-state index in [4.69, 9.17) is 18.9 Å². The van der Waals surface area contributed by atoms with E-state index in [9.17, 15) is 37.9 Å². The highest BCUT2D eigenvalue weighted by Gasteiger charge is 2.46. The molecule has 1 aliphatic heterocycles. The summed E-state index contributed by atoms with van der Waals surface area (Å²) in [4.78, 5) is 25.3. The van der Waals surface area contributed by atoms with Gasteiger partial charge in [-0.25, -0.2) is 0 Å². The molecule has 0 aliphatic carbocycles. The van der Waals surface area contributed by atoms with Crippen molar-refractivity contribution in [3.8, 4) is 0 Å². The molecule has 0 saturated carbocycles. The van der Waals surface area contributed by atoms with E-state index < -0.39 is 71.2 Å². The van der Waals surface area contributed by atoms with Gasteiger partial charge in [0.25, 0.3) is 10.1 Å². The molecule has 0 radical (unpaired) electrons. The maximum Gasteiger partial charge on any atom is 0.306 e. The van der Waals surface area contributed by atoms with Crippen LogP contribution < -0.4 is 0 Å². The van der Waals surface area contributed by atoms with Gasteiger partial charge in [0.1, 0.15) is 36.8 Å². The lowest BCUT2D eigenvalue weighted by molar-refractivity contribution is -0.297. The van der Waals surface area contributed by atoms with Gasteiger partial charge in [-0.3, -0.25) is 14.1 Å². The highest BCUT2D eigenvalue weighted by atomic mass is 32.2. The SMILES string of the molecule is CCCCCC/C=C/CCCCCCCCCC(=O)OC[C@H](CO[C@H]1O[C@H](CS(=O)(=O)O)[C@@H](O)C(O)C1O)OC(=O)CCCCCCC/C=C/CCCCCC. The molecular formula is C43H78O12S. The molecule has 0 amide bonds. The number of ether oxygens (including phenoxy) is 4. The summed E-state index contributed by atoms with van der Waals surface area (Å²) in [6.45, 7) is 3.71. The number of allylic oxidation sites excluding steroid dienone is 4. The predicted octanol–water partition coefficient (Wildman–Crippen LogP) is 8.45. The monoisotopic (exact) mass is 819 g/mol. The van der Waals surface area contributed by atoms with Crippen molar-refractivity contribution in [2.75, 3.05) is 19.0 Å². The Hall–Kier alpha value is -1.87. The number of hydrogen-bond acceptors (Lipinski definition) is 11. The van der Waals surface area contributed by atoms with Crippen LogP contribution in [0.25, 0.3) is 0 Å². The molecule has 1 fully saturated rings. The largest absolute Gasteiger partial charge is 0.462 e. The number of unbranched alkanes of at least 4 members (excludes halogenated alkanes) is 20. The maximum absolute atomic E-state index is 12.8. The fourth-order valence-electron chi connectivity index (χ4n) is 6.55. The summed E-state index contributed by atoms with van der Waals surface area (Å²) in [6.07, 6.45) is 26.5. The molecule has 1 saturated heterocycles. The normalized spacial score (nSPS) is 20.9. The van der Waals surface area contributed by atoms with Crippen molar-refractivity contribution in [3.63, 3.8) is 0 Å². The molecule has 2 unspecified atom stereocenters. The Bertz CT molecular complexity index is 1140. The Labute approximate surface area is 338 Å². The quantitative estimate of drug-likeness (QED) is 0.0205. The topological polar surface area (TPSA) is 186 Å². The Kier molecular flexibility index (Phi) is 31.7. The average molecular weight is 819 g/mol. The second-order valence-corrected chi connectivity index (χ2v) is 16.9. The summed E-state index contributed by atoms with van der Waals surface area (Å²) in [5.74, 6) is -2.00. The summed E-state index contributed by atoms with van der Waals surface area (Å²) in [7, 11) is -4.60. The van der Waals surface area contributed by atoms with E-state index in [1.54, 1.807) is 0 Å². The molecule has 56 heavy (non-hydrogen) atoms. The van der Waals surface area contributed by atoms with E-state index in [1.165, 1.54) is 77.0 Å². The molecule has 0 aromatic rings. The number of hydrogen-bond donors (Lipinski definition) is 4. The molecule has 0 aromatic heterocycles. The molecule has 0 bridgehead atoms. The van der Waals surface area contributed by atoms with Crippen molar-refractivity contribution < 1.29 is 56.8 Å². The molecule has 0 spiro atoms. The molecule has 12 nitrogen and oxygen atoms in total. The summed E-state index contributed by atoms with van der Waals surface area (Å²) < 4.78 is 54.0. The Morgan fingerprint density at radius 2 is 1.02 bits per heavy atom. The molecular weight excluding hydrogens is 741 g/mol. The van der Waals surface area contributed by atoms with Gasteiger partial charge < -0.3 is 34.3 Å². The summed E-state index contributed by atoms with van der Waals surface area (Å²) in [5.41, 5.74) is 0. The lowest BCUT2D eigenvalue weighted by Gasteiger charge is -2.40. The van der Waals surface area contributed by atoms with Gasteiger partial charge in [-0.1, -0.05) is 128 Å². The highest BCUT2D eigenvalue weighted by molar-refractivity contribution is 7.85. The van der Waals surface area contributed by atoms with Crippen molar-refractivity contribution in [2.45, 2.75) is 218 Å². The van der Waals surface area contributed by atoms with Crippen LogP contribution in [0.5, 0.6) is 0 Å². The first-order valence-corrected chi connectivity index (χ1v) is 23.5. The third-order valence-electron chi connectivity index (χ3n) is 10.0. The number of aliphatic hydroxyl groups is 3. The number of esters is 2. The third kappa shape index (κ3) is 28.5. The average Bonchev–Trinajstić information content (AvgIpc) is 3.16. The van der Waals surface area contributed by atoms with E-state index in [-0.39, 0.29) is 19.4 Å². The van der Waals surface area contributed by atoms with Crippen molar-refractivity contribution in [2.24, 2.45) is 0 Å². The van der Waals surface area contributed by atoms with Gasteiger partial charge in [0.05, 0.1) is 6.61 Å². The van der Waals surface area contributed by atoms with E-state index in [2.05, 4.69) is 38.2 Å². The minimum Gasteiger partial charge on any atom is -0.462 e. The number of rotatable bonds is 36.